The number of aromatic nitrogens is 2. The molecule has 3 rings (SSSR count). The predicted octanol–water partition coefficient (Wildman–Crippen LogP) is 2.77. The van der Waals surface area contributed by atoms with Gasteiger partial charge in [-0.05, 0) is 12.1 Å². The molecule has 25 heavy (non-hydrogen) atoms. The Morgan fingerprint density at radius 3 is 2.56 bits per heavy atom. The molecule has 2 heterocycles. The number of nitrogens with zero attached hydrogens (tertiary/aromatic N) is 4. The van der Waals surface area contributed by atoms with Crippen molar-refractivity contribution in [3.63, 3.8) is 0 Å². The number of hydrogen-bond acceptors (Lipinski definition) is 6. The fourth-order valence-corrected chi connectivity index (χ4v) is 3.42. The van der Waals surface area contributed by atoms with Gasteiger partial charge in [-0.2, -0.15) is 0 Å². The van der Waals surface area contributed by atoms with E-state index in [-0.39, 0.29) is 16.7 Å². The topological polar surface area (TPSA) is 69.6 Å². The highest BCUT2D eigenvalue weighted by molar-refractivity contribution is 7.99. The van der Waals surface area contributed by atoms with E-state index in [4.69, 9.17) is 16.7 Å². The van der Waals surface area contributed by atoms with Gasteiger partial charge in [0, 0.05) is 32.2 Å². The third-order valence-electron chi connectivity index (χ3n) is 3.78. The molecule has 0 unspecified atom stereocenters. The van der Waals surface area contributed by atoms with Gasteiger partial charge in [0.15, 0.2) is 5.16 Å². The largest absolute Gasteiger partial charge is 0.481 e. The van der Waals surface area contributed by atoms with Gasteiger partial charge in [-0.25, -0.2) is 14.4 Å². The summed E-state index contributed by atoms with van der Waals surface area (Å²) in [5.74, 6) is -0.635. The molecule has 1 aromatic heterocycles. The lowest BCUT2D eigenvalue weighted by molar-refractivity contribution is -0.133. The second-order valence-corrected chi connectivity index (χ2v) is 6.77. The molecule has 0 saturated carbocycles. The molecule has 0 atom stereocenters. The Bertz CT molecular complexity index is 772. The van der Waals surface area contributed by atoms with E-state index < -0.39 is 5.97 Å². The Hall–Kier alpha value is -2.06. The Morgan fingerprint density at radius 2 is 1.88 bits per heavy atom. The third kappa shape index (κ3) is 4.52. The maximum absolute atomic E-state index is 13.9. The molecule has 0 aliphatic carbocycles. The molecule has 0 radical (unpaired) electrons. The van der Waals surface area contributed by atoms with Crippen molar-refractivity contribution in [2.75, 3.05) is 41.7 Å². The van der Waals surface area contributed by atoms with Gasteiger partial charge < -0.3 is 14.9 Å². The van der Waals surface area contributed by atoms with Crippen molar-refractivity contribution in [1.82, 2.24) is 9.97 Å². The van der Waals surface area contributed by atoms with Crippen molar-refractivity contribution in [3.05, 3.63) is 41.3 Å². The summed E-state index contributed by atoms with van der Waals surface area (Å²) in [6, 6.07) is 8.38. The lowest BCUT2D eigenvalue weighted by Crippen LogP contribution is -2.47. The van der Waals surface area contributed by atoms with Crippen molar-refractivity contribution < 1.29 is 14.3 Å². The quantitative estimate of drug-likeness (QED) is 0.484. The summed E-state index contributed by atoms with van der Waals surface area (Å²) < 4.78 is 13.9. The molecular weight excluding hydrogens is 367 g/mol. The first-order valence-electron chi connectivity index (χ1n) is 7.66. The maximum atomic E-state index is 13.9. The average molecular weight is 383 g/mol. The van der Waals surface area contributed by atoms with Crippen LogP contribution < -0.4 is 9.80 Å². The molecule has 1 aromatic carbocycles. The SMILES string of the molecule is O=C(O)CSc1nc(Cl)cc(N2CCN(c3ccccc3F)CC2)n1. The number of hydrogen-bond donors (Lipinski definition) is 1. The number of benzene rings is 1. The molecular formula is C16H16ClFN4O2S. The highest BCUT2D eigenvalue weighted by Gasteiger charge is 2.21. The number of halogens is 2. The van der Waals surface area contributed by atoms with Crippen LogP contribution in [0.2, 0.25) is 5.15 Å². The van der Waals surface area contributed by atoms with Crippen LogP contribution in [0.4, 0.5) is 15.9 Å². The first-order chi connectivity index (χ1) is 12.0. The van der Waals surface area contributed by atoms with Gasteiger partial charge in [0.1, 0.15) is 16.8 Å². The number of aliphatic carboxylic acids is 1. The number of carboxylic acids is 1. The minimum absolute atomic E-state index is 0.124. The van der Waals surface area contributed by atoms with Crippen LogP contribution in [0.5, 0.6) is 0 Å². The summed E-state index contributed by atoms with van der Waals surface area (Å²) >= 11 is 7.06. The minimum Gasteiger partial charge on any atom is -0.481 e. The average Bonchev–Trinajstić information content (AvgIpc) is 2.60. The summed E-state index contributed by atoms with van der Waals surface area (Å²) in [6.45, 7) is 2.62. The predicted molar refractivity (Wildman–Crippen MR) is 96.2 cm³/mol. The van der Waals surface area contributed by atoms with E-state index >= 15 is 0 Å². The minimum atomic E-state index is -0.936. The summed E-state index contributed by atoms with van der Waals surface area (Å²) in [5, 5.41) is 9.37. The van der Waals surface area contributed by atoms with Crippen LogP contribution in [0.25, 0.3) is 0 Å². The Balaban J connectivity index is 1.68. The second kappa shape index (κ2) is 7.88. The van der Waals surface area contributed by atoms with E-state index in [0.717, 1.165) is 11.8 Å². The number of anilines is 2. The molecule has 132 valence electrons. The van der Waals surface area contributed by atoms with Gasteiger partial charge in [-0.15, -0.1) is 0 Å². The van der Waals surface area contributed by atoms with E-state index in [1.54, 1.807) is 18.2 Å². The van der Waals surface area contributed by atoms with Gasteiger partial charge in [-0.1, -0.05) is 35.5 Å². The van der Waals surface area contributed by atoms with Crippen LogP contribution >= 0.6 is 23.4 Å². The molecule has 1 fully saturated rings. The molecule has 0 amide bonds. The first-order valence-corrected chi connectivity index (χ1v) is 9.03. The van der Waals surface area contributed by atoms with Crippen LogP contribution in [0.1, 0.15) is 0 Å². The molecule has 6 nitrogen and oxygen atoms in total. The van der Waals surface area contributed by atoms with Crippen LogP contribution in [-0.4, -0.2) is 53.0 Å². The second-order valence-electron chi connectivity index (χ2n) is 5.44. The highest BCUT2D eigenvalue weighted by atomic mass is 35.5. The Labute approximate surface area is 153 Å². The fraction of sp³-hybridized carbons (Fsp3) is 0.312. The Kier molecular flexibility index (Phi) is 5.60. The first kappa shape index (κ1) is 17.8. The number of rotatable bonds is 5. The lowest BCUT2D eigenvalue weighted by Gasteiger charge is -2.36. The van der Waals surface area contributed by atoms with Crippen molar-refractivity contribution in [2.45, 2.75) is 5.16 Å². The number of carboxylic acid groups (broad SMARTS) is 1. The highest BCUT2D eigenvalue weighted by Crippen LogP contribution is 2.25. The number of carbonyl (C=O) groups is 1. The van der Waals surface area contributed by atoms with E-state index in [2.05, 4.69) is 9.97 Å². The van der Waals surface area contributed by atoms with Crippen LogP contribution in [0.15, 0.2) is 35.5 Å². The molecule has 0 spiro atoms. The zero-order valence-electron chi connectivity index (χ0n) is 13.2. The lowest BCUT2D eigenvalue weighted by atomic mass is 10.2. The smallest absolute Gasteiger partial charge is 0.313 e. The van der Waals surface area contributed by atoms with Crippen LogP contribution in [0, 0.1) is 5.82 Å². The van der Waals surface area contributed by atoms with Gasteiger partial charge in [0.25, 0.3) is 0 Å². The molecule has 0 bridgehead atoms. The number of piperazine rings is 1. The summed E-state index contributed by atoms with van der Waals surface area (Å²) in [6.07, 6.45) is 0. The van der Waals surface area contributed by atoms with E-state index in [1.807, 2.05) is 15.9 Å². The summed E-state index contributed by atoms with van der Waals surface area (Å²) in [4.78, 5) is 23.1. The molecule has 1 aliphatic heterocycles. The van der Waals surface area contributed by atoms with Crippen molar-refractivity contribution in [3.8, 4) is 0 Å². The van der Waals surface area contributed by atoms with Crippen LogP contribution in [0.3, 0.4) is 0 Å². The van der Waals surface area contributed by atoms with Gasteiger partial charge in [0.05, 0.1) is 11.4 Å². The van der Waals surface area contributed by atoms with Gasteiger partial charge >= 0.3 is 5.97 Å². The standard InChI is InChI=1S/C16H16ClFN4O2S/c17-13-9-14(20-16(19-13)25-10-15(23)24)22-7-5-21(6-8-22)12-4-2-1-3-11(12)18/h1-4,9H,5-8,10H2,(H,23,24). The van der Waals surface area contributed by atoms with E-state index in [9.17, 15) is 9.18 Å². The zero-order valence-corrected chi connectivity index (χ0v) is 14.8. The van der Waals surface area contributed by atoms with Crippen molar-refractivity contribution in [2.24, 2.45) is 0 Å². The third-order valence-corrected chi connectivity index (χ3v) is 4.81. The zero-order chi connectivity index (χ0) is 17.8. The van der Waals surface area contributed by atoms with Crippen molar-refractivity contribution in [1.29, 1.82) is 0 Å². The van der Waals surface area contributed by atoms with E-state index in [0.29, 0.717) is 42.8 Å². The molecule has 1 saturated heterocycles. The molecule has 9 heteroatoms. The van der Waals surface area contributed by atoms with Gasteiger partial charge in [-0.3, -0.25) is 4.79 Å². The Morgan fingerprint density at radius 1 is 1.20 bits per heavy atom. The molecule has 2 aromatic rings. The van der Waals surface area contributed by atoms with Crippen LogP contribution in [-0.2, 0) is 4.79 Å². The summed E-state index contributed by atoms with van der Waals surface area (Å²) in [5.41, 5.74) is 0.598. The van der Waals surface area contributed by atoms with E-state index in [1.165, 1.54) is 6.07 Å². The van der Waals surface area contributed by atoms with Gasteiger partial charge in [0.2, 0.25) is 0 Å². The normalized spacial score (nSPS) is 14.6. The molecule has 1 aliphatic rings. The molecule has 1 N–H and O–H groups in total. The fourth-order valence-electron chi connectivity index (χ4n) is 2.62. The number of thioether (sulfide) groups is 1. The summed E-state index contributed by atoms with van der Waals surface area (Å²) in [7, 11) is 0. The monoisotopic (exact) mass is 382 g/mol. The van der Waals surface area contributed by atoms with Crippen molar-refractivity contribution >= 4 is 40.8 Å². The maximum Gasteiger partial charge on any atom is 0.313 e. The number of para-hydroxylation sites is 1.